The lowest BCUT2D eigenvalue weighted by Gasteiger charge is -2.12. The second kappa shape index (κ2) is 9.59. The van der Waals surface area contributed by atoms with Crippen LogP contribution >= 0.6 is 11.3 Å². The minimum atomic E-state index is -3.39. The largest absolute Gasteiger partial charge is 0.356 e. The molecule has 3 aromatic rings. The molecule has 0 spiro atoms. The quantitative estimate of drug-likeness (QED) is 0.314. The Bertz CT molecular complexity index is 1130. The van der Waals surface area contributed by atoms with E-state index in [0.717, 1.165) is 41.2 Å². The molecule has 0 atom stereocenters. The van der Waals surface area contributed by atoms with Crippen molar-refractivity contribution in [2.45, 2.75) is 30.6 Å². The second-order valence-electron chi connectivity index (χ2n) is 7.01. The summed E-state index contributed by atoms with van der Waals surface area (Å²) in [6.07, 6.45) is 0.923. The molecule has 0 unspecified atom stereocenters. The minimum Gasteiger partial charge on any atom is -0.356 e. The van der Waals surface area contributed by atoms with Gasteiger partial charge >= 0.3 is 0 Å². The van der Waals surface area contributed by atoms with Crippen molar-refractivity contribution in [1.82, 2.24) is 24.5 Å². The van der Waals surface area contributed by atoms with Crippen LogP contribution in [0.3, 0.4) is 0 Å². The Kier molecular flexibility index (Phi) is 7.11. The third-order valence-electron chi connectivity index (χ3n) is 4.72. The molecule has 0 fully saturated rings. The highest BCUT2D eigenvalue weighted by molar-refractivity contribution is 7.91. The number of hydrogen-bond donors (Lipinski definition) is 2. The Morgan fingerprint density at radius 2 is 1.97 bits per heavy atom. The third kappa shape index (κ3) is 5.00. The second-order valence-corrected chi connectivity index (χ2v) is 10.6. The minimum absolute atomic E-state index is 0.343. The van der Waals surface area contributed by atoms with E-state index in [4.69, 9.17) is 0 Å². The van der Waals surface area contributed by atoms with Gasteiger partial charge in [-0.15, -0.1) is 11.3 Å². The Labute approximate surface area is 181 Å². The van der Waals surface area contributed by atoms with Crippen LogP contribution in [0.5, 0.6) is 0 Å². The van der Waals surface area contributed by atoms with E-state index < -0.39 is 10.0 Å². The Morgan fingerprint density at radius 1 is 1.20 bits per heavy atom. The van der Waals surface area contributed by atoms with E-state index in [-0.39, 0.29) is 0 Å². The summed E-state index contributed by atoms with van der Waals surface area (Å²) in [6.45, 7) is 4.17. The number of rotatable bonds is 8. The van der Waals surface area contributed by atoms with Gasteiger partial charge in [-0.2, -0.15) is 0 Å². The highest BCUT2D eigenvalue weighted by Gasteiger charge is 2.19. The van der Waals surface area contributed by atoms with Crippen LogP contribution in [0.25, 0.3) is 11.0 Å². The van der Waals surface area contributed by atoms with E-state index in [0.29, 0.717) is 16.7 Å². The molecular formula is C20H28N6O2S2. The fourth-order valence-corrected chi connectivity index (χ4v) is 5.55. The maximum absolute atomic E-state index is 12.2. The van der Waals surface area contributed by atoms with Crippen LogP contribution in [0, 0.1) is 6.92 Å². The van der Waals surface area contributed by atoms with Gasteiger partial charge in [0.2, 0.25) is 0 Å². The van der Waals surface area contributed by atoms with E-state index in [1.165, 1.54) is 29.7 Å². The highest BCUT2D eigenvalue weighted by atomic mass is 32.2. The molecular weight excluding hydrogens is 420 g/mol. The van der Waals surface area contributed by atoms with Crippen molar-refractivity contribution < 1.29 is 8.42 Å². The number of nitrogens with one attached hydrogen (secondary N) is 2. The van der Waals surface area contributed by atoms with E-state index in [9.17, 15) is 8.42 Å². The smallest absolute Gasteiger partial charge is 0.252 e. The van der Waals surface area contributed by atoms with Crippen LogP contribution in [0.4, 0.5) is 0 Å². The summed E-state index contributed by atoms with van der Waals surface area (Å²) in [5.41, 5.74) is 2.17. The molecule has 30 heavy (non-hydrogen) atoms. The highest BCUT2D eigenvalue weighted by Crippen LogP contribution is 2.23. The summed E-state index contributed by atoms with van der Waals surface area (Å²) >= 11 is 1.26. The molecule has 2 aromatic heterocycles. The molecule has 0 saturated heterocycles. The van der Waals surface area contributed by atoms with E-state index in [1.807, 2.05) is 31.2 Å². The Hall–Kier alpha value is -2.43. The number of nitrogens with zero attached hydrogens (tertiary/aromatic N) is 4. The summed E-state index contributed by atoms with van der Waals surface area (Å²) in [5, 5.41) is 6.54. The van der Waals surface area contributed by atoms with Gasteiger partial charge in [0, 0.05) is 39.1 Å². The first-order chi connectivity index (χ1) is 14.3. The Morgan fingerprint density at radius 3 is 2.70 bits per heavy atom. The van der Waals surface area contributed by atoms with Gasteiger partial charge in [-0.05, 0) is 37.6 Å². The molecule has 162 valence electrons. The predicted octanol–water partition coefficient (Wildman–Crippen LogP) is 2.41. The van der Waals surface area contributed by atoms with Crippen LogP contribution in [-0.2, 0) is 23.1 Å². The van der Waals surface area contributed by atoms with Crippen LogP contribution in [0.2, 0.25) is 0 Å². The van der Waals surface area contributed by atoms with Gasteiger partial charge in [-0.3, -0.25) is 4.99 Å². The van der Waals surface area contributed by atoms with E-state index >= 15 is 0 Å². The summed E-state index contributed by atoms with van der Waals surface area (Å²) in [4.78, 5) is 9.77. The fraction of sp³-hybridized carbons (Fsp3) is 0.400. The first kappa shape index (κ1) is 22.3. The molecule has 2 N–H and O–H groups in total. The fourth-order valence-electron chi connectivity index (χ4n) is 3.09. The SMILES string of the molecule is CN=C(NCCCn1c(C)nc2ccccc21)NCc1ccc(S(=O)(=O)N(C)C)s1. The molecule has 1 aromatic carbocycles. The standard InChI is InChI=1S/C20H28N6O2S2/c1-15-24-17-8-5-6-9-18(17)26(15)13-7-12-22-20(21-2)23-14-16-10-11-19(29-16)30(27,28)25(3)4/h5-6,8-11H,7,12-14H2,1-4H3,(H2,21,22,23). The van der Waals surface area contributed by atoms with Gasteiger partial charge in [-0.25, -0.2) is 17.7 Å². The van der Waals surface area contributed by atoms with Crippen LogP contribution in [0.15, 0.2) is 45.6 Å². The van der Waals surface area contributed by atoms with E-state index in [1.54, 1.807) is 13.1 Å². The molecule has 0 saturated carbocycles. The molecule has 0 aliphatic rings. The first-order valence-electron chi connectivity index (χ1n) is 9.70. The van der Waals surface area contributed by atoms with Crippen molar-refractivity contribution in [3.05, 3.63) is 47.1 Å². The summed E-state index contributed by atoms with van der Waals surface area (Å²) < 4.78 is 28.2. The lowest BCUT2D eigenvalue weighted by Crippen LogP contribution is -2.37. The number of aromatic nitrogens is 2. The number of fused-ring (bicyclic) bond motifs is 1. The summed E-state index contributed by atoms with van der Waals surface area (Å²) in [6, 6.07) is 11.6. The molecule has 0 aliphatic carbocycles. The molecule has 0 amide bonds. The first-order valence-corrected chi connectivity index (χ1v) is 12.0. The normalized spacial score (nSPS) is 12.6. The lowest BCUT2D eigenvalue weighted by molar-refractivity contribution is 0.523. The van der Waals surface area contributed by atoms with Gasteiger partial charge in [-0.1, -0.05) is 12.1 Å². The van der Waals surface area contributed by atoms with Crippen molar-refractivity contribution in [3.63, 3.8) is 0 Å². The van der Waals surface area contributed by atoms with Gasteiger partial charge in [0.05, 0.1) is 17.6 Å². The zero-order valence-electron chi connectivity index (χ0n) is 17.7. The number of hydrogen-bond acceptors (Lipinski definition) is 5. The van der Waals surface area contributed by atoms with Crippen molar-refractivity contribution in [2.24, 2.45) is 4.99 Å². The van der Waals surface area contributed by atoms with Gasteiger partial charge < -0.3 is 15.2 Å². The average Bonchev–Trinajstić information content (AvgIpc) is 3.32. The zero-order valence-corrected chi connectivity index (χ0v) is 19.3. The molecule has 3 rings (SSSR count). The molecule has 0 radical (unpaired) electrons. The van der Waals surface area contributed by atoms with Crippen molar-refractivity contribution in [3.8, 4) is 0 Å². The van der Waals surface area contributed by atoms with Crippen LogP contribution in [-0.4, -0.2) is 55.9 Å². The number of imidazole rings is 1. The third-order valence-corrected chi connectivity index (χ3v) is 8.09. The lowest BCUT2D eigenvalue weighted by atomic mass is 10.3. The van der Waals surface area contributed by atoms with Gasteiger partial charge in [0.1, 0.15) is 10.0 Å². The Balaban J connectivity index is 1.49. The molecule has 0 aliphatic heterocycles. The van der Waals surface area contributed by atoms with Crippen molar-refractivity contribution >= 4 is 38.4 Å². The van der Waals surface area contributed by atoms with Crippen molar-refractivity contribution in [2.75, 3.05) is 27.7 Å². The number of sulfonamides is 1. The monoisotopic (exact) mass is 448 g/mol. The maximum atomic E-state index is 12.2. The number of benzene rings is 1. The number of guanidine groups is 1. The number of aryl methyl sites for hydroxylation is 2. The van der Waals surface area contributed by atoms with Crippen LogP contribution < -0.4 is 10.6 Å². The van der Waals surface area contributed by atoms with Crippen LogP contribution in [0.1, 0.15) is 17.1 Å². The van der Waals surface area contributed by atoms with Crippen molar-refractivity contribution in [1.29, 1.82) is 0 Å². The van der Waals surface area contributed by atoms with Gasteiger partial charge in [0.25, 0.3) is 10.0 Å². The summed E-state index contributed by atoms with van der Waals surface area (Å²) in [5.74, 6) is 1.70. The van der Waals surface area contributed by atoms with E-state index in [2.05, 4.69) is 31.2 Å². The molecule has 8 nitrogen and oxygen atoms in total. The average molecular weight is 449 g/mol. The molecule has 10 heteroatoms. The molecule has 2 heterocycles. The number of para-hydroxylation sites is 2. The maximum Gasteiger partial charge on any atom is 0.252 e. The number of thiophene rings is 1. The summed E-state index contributed by atoms with van der Waals surface area (Å²) in [7, 11) is 1.40. The van der Waals surface area contributed by atoms with Gasteiger partial charge in [0.15, 0.2) is 5.96 Å². The predicted molar refractivity (Wildman–Crippen MR) is 122 cm³/mol. The molecule has 0 bridgehead atoms. The number of aliphatic imine (C=N–C) groups is 1. The topological polar surface area (TPSA) is 91.6 Å². The zero-order chi connectivity index (χ0) is 21.7.